The van der Waals surface area contributed by atoms with Crippen LogP contribution in [-0.4, -0.2) is 20.8 Å². The van der Waals surface area contributed by atoms with Crippen LogP contribution < -0.4 is 0 Å². The summed E-state index contributed by atoms with van der Waals surface area (Å²) in [6.45, 7) is 0. The zero-order valence-electron chi connectivity index (χ0n) is 6.49. The third-order valence-corrected chi connectivity index (χ3v) is 3.26. The predicted molar refractivity (Wildman–Crippen MR) is 40.5 cm³/mol. The molecule has 3 nitrogen and oxygen atoms in total. The fraction of sp³-hybridized carbons (Fsp3) is 1.00. The molecule has 3 aliphatic rings. The van der Waals surface area contributed by atoms with Crippen LogP contribution in [0.4, 0.5) is 0 Å². The molecule has 3 fully saturated rings. The van der Waals surface area contributed by atoms with Crippen molar-refractivity contribution in [2.45, 2.75) is 25.4 Å². The van der Waals surface area contributed by atoms with E-state index in [0.717, 1.165) is 18.6 Å². The summed E-state index contributed by atoms with van der Waals surface area (Å²) < 4.78 is 26.4. The van der Waals surface area contributed by atoms with Crippen LogP contribution in [0.2, 0.25) is 0 Å². The normalized spacial score (nSPS) is 42.1. The van der Waals surface area contributed by atoms with Gasteiger partial charge in [-0.05, 0) is 31.1 Å². The summed E-state index contributed by atoms with van der Waals surface area (Å²) >= 11 is 0. The monoisotopic (exact) mass is 176 g/mol. The topological polar surface area (TPSA) is 43.4 Å². The third kappa shape index (κ3) is 1.42. The highest BCUT2D eigenvalue weighted by Gasteiger charge is 2.46. The second-order valence-corrected chi connectivity index (χ2v) is 5.27. The molecule has 0 aromatic heterocycles. The molecule has 0 aromatic rings. The Hall–Kier alpha value is -0.0900. The average Bonchev–Trinajstić information content (AvgIpc) is 2.13. The van der Waals surface area contributed by atoms with Crippen molar-refractivity contribution in [2.75, 3.05) is 6.26 Å². The van der Waals surface area contributed by atoms with E-state index < -0.39 is 10.1 Å². The molecule has 0 heterocycles. The molecule has 2 bridgehead atoms. The van der Waals surface area contributed by atoms with Crippen LogP contribution in [0, 0.1) is 11.8 Å². The van der Waals surface area contributed by atoms with Gasteiger partial charge in [-0.3, -0.25) is 4.18 Å². The van der Waals surface area contributed by atoms with Crippen LogP contribution in [0.1, 0.15) is 19.3 Å². The van der Waals surface area contributed by atoms with Gasteiger partial charge in [0.15, 0.2) is 0 Å². The van der Waals surface area contributed by atoms with Gasteiger partial charge in [-0.25, -0.2) is 0 Å². The molecular weight excluding hydrogens is 164 g/mol. The highest BCUT2D eigenvalue weighted by atomic mass is 32.2. The second kappa shape index (κ2) is 2.20. The van der Waals surface area contributed by atoms with Crippen molar-refractivity contribution in [3.8, 4) is 0 Å². The lowest BCUT2D eigenvalue weighted by molar-refractivity contribution is 0.164. The molecule has 4 heteroatoms. The van der Waals surface area contributed by atoms with Crippen LogP contribution in [0.15, 0.2) is 0 Å². The minimum atomic E-state index is -3.21. The van der Waals surface area contributed by atoms with Crippen molar-refractivity contribution < 1.29 is 12.6 Å². The van der Waals surface area contributed by atoms with Crippen LogP contribution in [0.3, 0.4) is 0 Å². The van der Waals surface area contributed by atoms with Gasteiger partial charge in [0.25, 0.3) is 10.1 Å². The van der Waals surface area contributed by atoms with E-state index in [-0.39, 0.29) is 6.10 Å². The molecule has 0 amide bonds. The lowest BCUT2D eigenvalue weighted by atomic mass is 9.84. The van der Waals surface area contributed by atoms with Gasteiger partial charge in [0, 0.05) is 0 Å². The van der Waals surface area contributed by atoms with Gasteiger partial charge in [-0.2, -0.15) is 8.42 Å². The van der Waals surface area contributed by atoms with E-state index in [4.69, 9.17) is 4.18 Å². The van der Waals surface area contributed by atoms with Crippen LogP contribution in [0.5, 0.6) is 0 Å². The largest absolute Gasteiger partial charge is 0.267 e. The average molecular weight is 176 g/mol. The van der Waals surface area contributed by atoms with Crippen molar-refractivity contribution in [3.63, 3.8) is 0 Å². The highest BCUT2D eigenvalue weighted by molar-refractivity contribution is 7.86. The summed E-state index contributed by atoms with van der Waals surface area (Å²) in [7, 11) is -3.21. The van der Waals surface area contributed by atoms with E-state index in [2.05, 4.69) is 0 Å². The molecule has 0 N–H and O–H groups in total. The van der Waals surface area contributed by atoms with Crippen molar-refractivity contribution >= 4 is 10.1 Å². The Morgan fingerprint density at radius 3 is 2.27 bits per heavy atom. The van der Waals surface area contributed by atoms with E-state index in [0.29, 0.717) is 5.92 Å². The molecule has 0 unspecified atom stereocenters. The molecule has 0 radical (unpaired) electrons. The molecule has 64 valence electrons. The Balaban J connectivity index is 1.98. The smallest absolute Gasteiger partial charge is 0.264 e. The Labute approximate surface area is 66.9 Å². The van der Waals surface area contributed by atoms with Gasteiger partial charge in [-0.1, -0.05) is 0 Å². The van der Waals surface area contributed by atoms with E-state index in [1.165, 1.54) is 12.8 Å². The van der Waals surface area contributed by atoms with Crippen LogP contribution in [-0.2, 0) is 14.3 Å². The maximum absolute atomic E-state index is 10.7. The Morgan fingerprint density at radius 1 is 1.27 bits per heavy atom. The summed E-state index contributed by atoms with van der Waals surface area (Å²) in [5.41, 5.74) is 0. The maximum atomic E-state index is 10.7. The SMILES string of the molecule is CS(=O)(=O)O[C@H]1CC2CC1C2. The van der Waals surface area contributed by atoms with Gasteiger partial charge in [0.2, 0.25) is 0 Å². The molecule has 3 aliphatic carbocycles. The molecule has 0 saturated heterocycles. The zero-order valence-corrected chi connectivity index (χ0v) is 7.30. The van der Waals surface area contributed by atoms with E-state index in [1.54, 1.807) is 0 Å². The van der Waals surface area contributed by atoms with Gasteiger partial charge in [-0.15, -0.1) is 0 Å². The molecular formula is C7H12O3S. The first-order chi connectivity index (χ1) is 5.04. The summed E-state index contributed by atoms with van der Waals surface area (Å²) in [4.78, 5) is 0. The van der Waals surface area contributed by atoms with Crippen molar-refractivity contribution in [3.05, 3.63) is 0 Å². The zero-order chi connectivity index (χ0) is 8.06. The maximum Gasteiger partial charge on any atom is 0.264 e. The molecule has 0 aliphatic heterocycles. The van der Waals surface area contributed by atoms with Gasteiger partial charge in [0.1, 0.15) is 0 Å². The van der Waals surface area contributed by atoms with Crippen LogP contribution >= 0.6 is 0 Å². The van der Waals surface area contributed by atoms with Crippen molar-refractivity contribution in [1.82, 2.24) is 0 Å². The number of fused-ring (bicyclic) bond motifs is 1. The quantitative estimate of drug-likeness (QED) is 0.583. The number of rotatable bonds is 2. The summed E-state index contributed by atoms with van der Waals surface area (Å²) in [6, 6.07) is 0. The molecule has 1 atom stereocenters. The van der Waals surface area contributed by atoms with E-state index in [9.17, 15) is 8.42 Å². The predicted octanol–water partition coefficient (Wildman–Crippen LogP) is 0.761. The van der Waals surface area contributed by atoms with Crippen LogP contribution in [0.25, 0.3) is 0 Å². The van der Waals surface area contributed by atoms with Gasteiger partial charge >= 0.3 is 0 Å². The molecule has 11 heavy (non-hydrogen) atoms. The fourth-order valence-corrected chi connectivity index (χ4v) is 2.83. The Morgan fingerprint density at radius 2 is 1.91 bits per heavy atom. The lowest BCUT2D eigenvalue weighted by Gasteiger charge is -2.23. The highest BCUT2D eigenvalue weighted by Crippen LogP contribution is 2.50. The standard InChI is InChI=1S/C7H12O3S/c1-11(8,9)10-7-4-5-2-6(7)3-5/h5-7H,2-4H2,1H3/t5?,6?,7-/m0/s1. The third-order valence-electron chi connectivity index (χ3n) is 2.66. The first-order valence-corrected chi connectivity index (χ1v) is 5.74. The minimum Gasteiger partial charge on any atom is -0.267 e. The molecule has 3 rings (SSSR count). The number of hydrogen-bond acceptors (Lipinski definition) is 3. The first-order valence-electron chi connectivity index (χ1n) is 3.93. The van der Waals surface area contributed by atoms with Crippen molar-refractivity contribution in [2.24, 2.45) is 11.8 Å². The Kier molecular flexibility index (Phi) is 1.51. The molecule has 3 saturated carbocycles. The second-order valence-electron chi connectivity index (χ2n) is 3.67. The lowest BCUT2D eigenvalue weighted by Crippen LogP contribution is -2.22. The van der Waals surface area contributed by atoms with E-state index >= 15 is 0 Å². The van der Waals surface area contributed by atoms with Gasteiger partial charge in [0.05, 0.1) is 12.4 Å². The van der Waals surface area contributed by atoms with E-state index in [1.807, 2.05) is 0 Å². The fourth-order valence-electron chi connectivity index (χ4n) is 2.15. The summed E-state index contributed by atoms with van der Waals surface area (Å²) in [5.74, 6) is 1.29. The minimum absolute atomic E-state index is 0.00926. The Bertz CT molecular complexity index is 251. The molecule has 0 spiro atoms. The number of hydrogen-bond donors (Lipinski definition) is 0. The van der Waals surface area contributed by atoms with Gasteiger partial charge < -0.3 is 0 Å². The van der Waals surface area contributed by atoms with Crippen molar-refractivity contribution in [1.29, 1.82) is 0 Å². The first kappa shape index (κ1) is 7.55. The summed E-state index contributed by atoms with van der Waals surface area (Å²) in [5, 5.41) is 0. The molecule has 0 aromatic carbocycles. The summed E-state index contributed by atoms with van der Waals surface area (Å²) in [6.07, 6.45) is 4.45.